The maximum absolute atomic E-state index is 13.1. The maximum atomic E-state index is 13.1. The van der Waals surface area contributed by atoms with Crippen molar-refractivity contribution >= 4 is 17.2 Å². The Labute approximate surface area is 182 Å². The molecule has 1 saturated heterocycles. The van der Waals surface area contributed by atoms with E-state index in [9.17, 15) is 18.0 Å². The molecule has 0 saturated carbocycles. The van der Waals surface area contributed by atoms with Gasteiger partial charge in [0.05, 0.1) is 11.8 Å². The summed E-state index contributed by atoms with van der Waals surface area (Å²) in [5.41, 5.74) is 0.634. The highest BCUT2D eigenvalue weighted by Crippen LogP contribution is 2.30. The number of thiazole rings is 1. The molecule has 0 aliphatic carbocycles. The minimum Gasteiger partial charge on any atom is -0.462 e. The fourth-order valence-corrected chi connectivity index (χ4v) is 4.51. The Kier molecular flexibility index (Phi) is 6.15. The van der Waals surface area contributed by atoms with Gasteiger partial charge in [-0.05, 0) is 43.2 Å². The minimum atomic E-state index is -4.33. The van der Waals surface area contributed by atoms with E-state index < -0.39 is 11.7 Å². The van der Waals surface area contributed by atoms with Crippen LogP contribution in [-0.2, 0) is 12.7 Å². The Balaban J connectivity index is 1.38. The second kappa shape index (κ2) is 8.84. The SMILES string of the molecule is Cc1sc(-c2ccco2)nc1C(=O)N1CCCN(Cc2ccc(C(F)(F)F)cc2)CC1. The Bertz CT molecular complexity index is 1030. The van der Waals surface area contributed by atoms with Gasteiger partial charge in [-0.25, -0.2) is 4.98 Å². The summed E-state index contributed by atoms with van der Waals surface area (Å²) in [6, 6.07) is 8.87. The summed E-state index contributed by atoms with van der Waals surface area (Å²) in [4.78, 5) is 22.4. The standard InChI is InChI=1S/C22H22F3N3O2S/c1-15-19(26-20(31-15)18-4-2-13-30-18)21(29)28-10-3-9-27(11-12-28)14-16-5-7-17(8-6-16)22(23,24)25/h2,4-8,13H,3,9-12,14H2,1H3. The van der Waals surface area contributed by atoms with Crippen molar-refractivity contribution in [1.82, 2.24) is 14.8 Å². The van der Waals surface area contributed by atoms with Gasteiger partial charge in [0.1, 0.15) is 5.69 Å². The number of hydrogen-bond donors (Lipinski definition) is 0. The lowest BCUT2D eigenvalue weighted by Gasteiger charge is -2.22. The third-order valence-corrected chi connectivity index (χ3v) is 6.28. The van der Waals surface area contributed by atoms with Crippen molar-refractivity contribution in [2.75, 3.05) is 26.2 Å². The van der Waals surface area contributed by atoms with Gasteiger partial charge in [-0.2, -0.15) is 13.2 Å². The predicted octanol–water partition coefficient (Wildman–Crippen LogP) is 5.08. The molecule has 0 N–H and O–H groups in total. The molecule has 4 rings (SSSR count). The van der Waals surface area contributed by atoms with E-state index in [-0.39, 0.29) is 5.91 Å². The Morgan fingerprint density at radius 2 is 1.90 bits per heavy atom. The summed E-state index contributed by atoms with van der Waals surface area (Å²) in [6.07, 6.45) is -1.96. The predicted molar refractivity (Wildman–Crippen MR) is 112 cm³/mol. The molecule has 0 atom stereocenters. The fraction of sp³-hybridized carbons (Fsp3) is 0.364. The molecule has 1 fully saturated rings. The summed E-state index contributed by atoms with van der Waals surface area (Å²) in [7, 11) is 0. The second-order valence-corrected chi connectivity index (χ2v) is 8.72. The molecule has 164 valence electrons. The highest BCUT2D eigenvalue weighted by Gasteiger charge is 2.30. The van der Waals surface area contributed by atoms with Crippen LogP contribution >= 0.6 is 11.3 Å². The van der Waals surface area contributed by atoms with Crippen molar-refractivity contribution in [2.45, 2.75) is 26.1 Å². The van der Waals surface area contributed by atoms with Gasteiger partial charge in [0.15, 0.2) is 10.8 Å². The van der Waals surface area contributed by atoms with E-state index in [0.717, 1.165) is 35.5 Å². The first-order valence-corrected chi connectivity index (χ1v) is 10.8. The smallest absolute Gasteiger partial charge is 0.416 e. The van der Waals surface area contributed by atoms with E-state index in [1.165, 1.54) is 23.5 Å². The van der Waals surface area contributed by atoms with Crippen LogP contribution in [0.2, 0.25) is 0 Å². The van der Waals surface area contributed by atoms with E-state index in [1.807, 2.05) is 13.0 Å². The van der Waals surface area contributed by atoms with Crippen molar-refractivity contribution in [1.29, 1.82) is 0 Å². The first-order valence-electron chi connectivity index (χ1n) is 10.0. The summed E-state index contributed by atoms with van der Waals surface area (Å²) in [6.45, 7) is 5.03. The maximum Gasteiger partial charge on any atom is 0.416 e. The largest absolute Gasteiger partial charge is 0.462 e. The van der Waals surface area contributed by atoms with E-state index in [0.29, 0.717) is 42.6 Å². The Morgan fingerprint density at radius 1 is 1.13 bits per heavy atom. The molecule has 1 aromatic carbocycles. The number of nitrogens with zero attached hydrogens (tertiary/aromatic N) is 3. The van der Waals surface area contributed by atoms with Gasteiger partial charge >= 0.3 is 6.18 Å². The number of aryl methyl sites for hydroxylation is 1. The molecule has 3 aromatic rings. The minimum absolute atomic E-state index is 0.0945. The molecular formula is C22H22F3N3O2S. The molecule has 0 bridgehead atoms. The second-order valence-electron chi connectivity index (χ2n) is 7.52. The number of aromatic nitrogens is 1. The number of hydrogen-bond acceptors (Lipinski definition) is 5. The molecular weight excluding hydrogens is 427 g/mol. The molecule has 1 aliphatic rings. The zero-order valence-corrected chi connectivity index (χ0v) is 17.8. The van der Waals surface area contributed by atoms with Crippen molar-refractivity contribution in [3.63, 3.8) is 0 Å². The number of rotatable bonds is 4. The highest BCUT2D eigenvalue weighted by molar-refractivity contribution is 7.15. The van der Waals surface area contributed by atoms with Gasteiger partial charge in [-0.1, -0.05) is 12.1 Å². The number of halogens is 3. The molecule has 31 heavy (non-hydrogen) atoms. The van der Waals surface area contributed by atoms with Crippen molar-refractivity contribution < 1.29 is 22.4 Å². The van der Waals surface area contributed by atoms with E-state index in [2.05, 4.69) is 9.88 Å². The molecule has 1 aliphatic heterocycles. The number of carbonyl (C=O) groups excluding carboxylic acids is 1. The first kappa shape index (κ1) is 21.6. The van der Waals surface area contributed by atoms with Gasteiger partial charge in [0.2, 0.25) is 0 Å². The molecule has 0 spiro atoms. The third-order valence-electron chi connectivity index (χ3n) is 5.29. The topological polar surface area (TPSA) is 49.6 Å². The van der Waals surface area contributed by atoms with Gasteiger partial charge in [0.25, 0.3) is 5.91 Å². The Hall–Kier alpha value is -2.65. The van der Waals surface area contributed by atoms with Crippen LogP contribution in [0.25, 0.3) is 10.8 Å². The summed E-state index contributed by atoms with van der Waals surface area (Å²) in [5, 5.41) is 0.685. The number of benzene rings is 1. The molecule has 5 nitrogen and oxygen atoms in total. The van der Waals surface area contributed by atoms with Crippen LogP contribution in [0.4, 0.5) is 13.2 Å². The number of carbonyl (C=O) groups is 1. The molecule has 0 unspecified atom stereocenters. The van der Waals surface area contributed by atoms with Crippen LogP contribution in [0.3, 0.4) is 0 Å². The monoisotopic (exact) mass is 449 g/mol. The van der Waals surface area contributed by atoms with Gasteiger partial charge in [0, 0.05) is 37.6 Å². The lowest BCUT2D eigenvalue weighted by Crippen LogP contribution is -2.35. The highest BCUT2D eigenvalue weighted by atomic mass is 32.1. The summed E-state index contributed by atoms with van der Waals surface area (Å²) >= 11 is 1.43. The first-order chi connectivity index (χ1) is 14.8. The number of furan rings is 1. The zero-order valence-electron chi connectivity index (χ0n) is 17.0. The number of alkyl halides is 3. The summed E-state index contributed by atoms with van der Waals surface area (Å²) < 4.78 is 43.6. The molecule has 9 heteroatoms. The van der Waals surface area contributed by atoms with Crippen molar-refractivity contribution in [3.8, 4) is 10.8 Å². The molecule has 2 aromatic heterocycles. The zero-order chi connectivity index (χ0) is 22.0. The van der Waals surface area contributed by atoms with Crippen LogP contribution in [0.1, 0.15) is 32.9 Å². The van der Waals surface area contributed by atoms with Crippen LogP contribution in [-0.4, -0.2) is 46.9 Å². The fourth-order valence-electron chi connectivity index (χ4n) is 3.64. The molecule has 1 amide bonds. The van der Waals surface area contributed by atoms with Crippen LogP contribution in [0.5, 0.6) is 0 Å². The average Bonchev–Trinajstić information content (AvgIpc) is 3.33. The van der Waals surface area contributed by atoms with E-state index >= 15 is 0 Å². The Morgan fingerprint density at radius 3 is 2.58 bits per heavy atom. The van der Waals surface area contributed by atoms with Crippen molar-refractivity contribution in [3.05, 3.63) is 64.4 Å². The van der Waals surface area contributed by atoms with Crippen LogP contribution in [0, 0.1) is 6.92 Å². The van der Waals surface area contributed by atoms with Crippen LogP contribution in [0.15, 0.2) is 47.1 Å². The molecule has 0 radical (unpaired) electrons. The van der Waals surface area contributed by atoms with Gasteiger partial charge in [-0.15, -0.1) is 11.3 Å². The quantitative estimate of drug-likeness (QED) is 0.558. The number of amides is 1. The third kappa shape index (κ3) is 4.99. The molecule has 3 heterocycles. The van der Waals surface area contributed by atoms with Gasteiger partial charge < -0.3 is 9.32 Å². The summed E-state index contributed by atoms with van der Waals surface area (Å²) in [5.74, 6) is 0.550. The van der Waals surface area contributed by atoms with E-state index in [1.54, 1.807) is 17.2 Å². The normalized spacial score (nSPS) is 15.8. The van der Waals surface area contributed by atoms with Gasteiger partial charge in [-0.3, -0.25) is 9.69 Å². The van der Waals surface area contributed by atoms with E-state index in [4.69, 9.17) is 4.42 Å². The van der Waals surface area contributed by atoms with Crippen molar-refractivity contribution in [2.24, 2.45) is 0 Å². The lowest BCUT2D eigenvalue weighted by molar-refractivity contribution is -0.137. The van der Waals surface area contributed by atoms with Crippen LogP contribution < -0.4 is 0 Å². The average molecular weight is 449 g/mol. The lowest BCUT2D eigenvalue weighted by atomic mass is 10.1.